The summed E-state index contributed by atoms with van der Waals surface area (Å²) in [4.78, 5) is 34.5. The molecule has 0 saturated heterocycles. The van der Waals surface area contributed by atoms with E-state index in [4.69, 9.17) is 32.4 Å². The second kappa shape index (κ2) is 8.24. The van der Waals surface area contributed by atoms with Crippen LogP contribution in [0.3, 0.4) is 0 Å². The van der Waals surface area contributed by atoms with E-state index in [1.54, 1.807) is 6.07 Å². The Labute approximate surface area is 163 Å². The molecule has 0 spiro atoms. The zero-order valence-electron chi connectivity index (χ0n) is 13.8. The van der Waals surface area contributed by atoms with Crippen LogP contribution in [0.15, 0.2) is 63.8 Å². The molecule has 0 atom stereocenters. The lowest BCUT2D eigenvalue weighted by Crippen LogP contribution is -2.27. The highest BCUT2D eigenvalue weighted by Gasteiger charge is 2.16. The monoisotopic (exact) mass is 405 g/mol. The van der Waals surface area contributed by atoms with Crippen molar-refractivity contribution >= 4 is 46.0 Å². The van der Waals surface area contributed by atoms with Crippen molar-refractivity contribution < 1.29 is 18.7 Å². The number of benzene rings is 2. The molecule has 0 bridgehead atoms. The maximum atomic E-state index is 12.3. The summed E-state index contributed by atoms with van der Waals surface area (Å²) in [6, 6.07) is 15.1. The number of amides is 1. The molecule has 8 heteroatoms. The summed E-state index contributed by atoms with van der Waals surface area (Å²) in [5, 5.41) is 3.17. The highest BCUT2D eigenvalue weighted by molar-refractivity contribution is 6.53. The van der Waals surface area contributed by atoms with Gasteiger partial charge >= 0.3 is 11.6 Å². The van der Waals surface area contributed by atoms with E-state index < -0.39 is 22.3 Å². The summed E-state index contributed by atoms with van der Waals surface area (Å²) < 4.78 is 10.1. The Bertz CT molecular complexity index is 1050. The van der Waals surface area contributed by atoms with Crippen LogP contribution in [0.5, 0.6) is 5.75 Å². The van der Waals surface area contributed by atoms with Crippen LogP contribution in [0.1, 0.15) is 15.9 Å². The number of hydrogen-bond donors (Lipinski definition) is 1. The molecular formula is C19H13Cl2NO5. The predicted octanol–water partition coefficient (Wildman–Crippen LogP) is 3.43. The number of hydrogen-bond acceptors (Lipinski definition) is 5. The molecule has 138 valence electrons. The van der Waals surface area contributed by atoms with Gasteiger partial charge in [-0.25, -0.2) is 9.59 Å². The summed E-state index contributed by atoms with van der Waals surface area (Å²) in [6.07, 6.45) is 0. The van der Waals surface area contributed by atoms with E-state index >= 15 is 0 Å². The third-order valence-corrected chi connectivity index (χ3v) is 4.00. The first kappa shape index (κ1) is 18.9. The van der Waals surface area contributed by atoms with Gasteiger partial charge in [-0.3, -0.25) is 4.79 Å². The summed E-state index contributed by atoms with van der Waals surface area (Å²) in [5.41, 5.74) is 0.138. The van der Waals surface area contributed by atoms with Crippen LogP contribution in [0.25, 0.3) is 11.0 Å². The smallest absolute Gasteiger partial charge is 0.349 e. The molecule has 1 aromatic heterocycles. The minimum absolute atomic E-state index is 0.114. The van der Waals surface area contributed by atoms with Crippen LogP contribution in [0, 0.1) is 0 Å². The molecule has 1 N–H and O–H groups in total. The molecule has 0 aliphatic carbocycles. The summed E-state index contributed by atoms with van der Waals surface area (Å²) in [6.45, 7) is 0.282. The fraction of sp³-hybridized carbons (Fsp3) is 0.105. The van der Waals surface area contributed by atoms with Crippen molar-refractivity contribution in [2.45, 2.75) is 11.4 Å². The molecule has 0 saturated carbocycles. The van der Waals surface area contributed by atoms with Gasteiger partial charge in [-0.2, -0.15) is 0 Å². The quantitative estimate of drug-likeness (QED) is 0.304. The summed E-state index contributed by atoms with van der Waals surface area (Å²) in [7, 11) is 0. The van der Waals surface area contributed by atoms with Crippen molar-refractivity contribution in [2.75, 3.05) is 0 Å². The molecule has 1 amide bonds. The molecule has 3 aromatic rings. The first-order valence-electron chi connectivity index (χ1n) is 7.84. The van der Waals surface area contributed by atoms with Crippen molar-refractivity contribution in [3.8, 4) is 5.75 Å². The van der Waals surface area contributed by atoms with Crippen molar-refractivity contribution in [3.63, 3.8) is 0 Å². The minimum Gasteiger partial charge on any atom is -0.424 e. The lowest BCUT2D eigenvalue weighted by atomic mass is 10.1. The zero-order chi connectivity index (χ0) is 19.4. The van der Waals surface area contributed by atoms with E-state index in [1.807, 2.05) is 30.3 Å². The molecule has 2 aromatic carbocycles. The van der Waals surface area contributed by atoms with Crippen LogP contribution in [0.2, 0.25) is 0 Å². The standard InChI is InChI=1S/C19H13Cl2NO5/c20-16(21)19(25)26-13-7-6-12-8-14(18(24)27-15(12)9-13)17(23)22-10-11-4-2-1-3-5-11/h1-9,16H,10H2,(H,22,23). The number of esters is 1. The third-order valence-electron chi connectivity index (χ3n) is 3.64. The summed E-state index contributed by atoms with van der Waals surface area (Å²) in [5.74, 6) is -1.28. The fourth-order valence-corrected chi connectivity index (χ4v) is 2.44. The molecule has 1 heterocycles. The van der Waals surface area contributed by atoms with E-state index in [-0.39, 0.29) is 23.4 Å². The first-order valence-corrected chi connectivity index (χ1v) is 8.71. The van der Waals surface area contributed by atoms with Gasteiger partial charge in [-0.1, -0.05) is 53.5 Å². The van der Waals surface area contributed by atoms with Gasteiger partial charge in [0.1, 0.15) is 16.9 Å². The van der Waals surface area contributed by atoms with E-state index in [2.05, 4.69) is 5.32 Å². The van der Waals surface area contributed by atoms with E-state index in [0.717, 1.165) is 5.56 Å². The highest BCUT2D eigenvalue weighted by atomic mass is 35.5. The number of halogens is 2. The number of fused-ring (bicyclic) bond motifs is 1. The molecule has 0 radical (unpaired) electrons. The van der Waals surface area contributed by atoms with Crippen molar-refractivity contribution in [3.05, 3.63) is 76.1 Å². The number of carbonyl (C=O) groups excluding carboxylic acids is 2. The average molecular weight is 406 g/mol. The second-order valence-corrected chi connectivity index (χ2v) is 6.63. The lowest BCUT2D eigenvalue weighted by molar-refractivity contribution is -0.132. The fourth-order valence-electron chi connectivity index (χ4n) is 2.35. The Balaban J connectivity index is 1.81. The predicted molar refractivity (Wildman–Crippen MR) is 101 cm³/mol. The number of nitrogens with one attached hydrogen (secondary N) is 1. The molecule has 0 aliphatic heterocycles. The first-order chi connectivity index (χ1) is 12.9. The Kier molecular flexibility index (Phi) is 5.78. The molecule has 3 rings (SSSR count). The lowest BCUT2D eigenvalue weighted by Gasteiger charge is -2.07. The van der Waals surface area contributed by atoms with E-state index in [9.17, 15) is 14.4 Å². The van der Waals surface area contributed by atoms with Crippen molar-refractivity contribution in [1.29, 1.82) is 0 Å². The second-order valence-electron chi connectivity index (χ2n) is 5.54. The van der Waals surface area contributed by atoms with Gasteiger partial charge in [0.25, 0.3) is 5.91 Å². The Morgan fingerprint density at radius 1 is 1.07 bits per heavy atom. The van der Waals surface area contributed by atoms with Gasteiger partial charge in [0.15, 0.2) is 0 Å². The van der Waals surface area contributed by atoms with Gasteiger partial charge in [-0.05, 0) is 23.8 Å². The summed E-state index contributed by atoms with van der Waals surface area (Å²) >= 11 is 10.8. The number of ether oxygens (including phenoxy) is 1. The number of rotatable bonds is 5. The van der Waals surface area contributed by atoms with Gasteiger partial charge in [-0.15, -0.1) is 0 Å². The van der Waals surface area contributed by atoms with Crippen LogP contribution in [0.4, 0.5) is 0 Å². The Hall–Kier alpha value is -2.83. The topological polar surface area (TPSA) is 85.6 Å². The Morgan fingerprint density at radius 3 is 2.52 bits per heavy atom. The largest absolute Gasteiger partial charge is 0.424 e. The SMILES string of the molecule is O=C(NCc1ccccc1)c1cc2ccc(OC(=O)C(Cl)Cl)cc2oc1=O. The van der Waals surface area contributed by atoms with Gasteiger partial charge < -0.3 is 14.5 Å². The highest BCUT2D eigenvalue weighted by Crippen LogP contribution is 2.21. The van der Waals surface area contributed by atoms with Gasteiger partial charge in [0, 0.05) is 18.0 Å². The number of alkyl halides is 2. The Morgan fingerprint density at radius 2 is 1.81 bits per heavy atom. The molecule has 0 unspecified atom stereocenters. The zero-order valence-corrected chi connectivity index (χ0v) is 15.3. The molecule has 0 aliphatic rings. The molecule has 27 heavy (non-hydrogen) atoms. The van der Waals surface area contributed by atoms with Crippen molar-refractivity contribution in [1.82, 2.24) is 5.32 Å². The molecular weight excluding hydrogens is 393 g/mol. The molecule has 0 fully saturated rings. The van der Waals surface area contributed by atoms with Gasteiger partial charge in [0.2, 0.25) is 4.84 Å². The maximum absolute atomic E-state index is 12.3. The van der Waals surface area contributed by atoms with Crippen LogP contribution in [-0.4, -0.2) is 16.7 Å². The van der Waals surface area contributed by atoms with Gasteiger partial charge in [0.05, 0.1) is 0 Å². The third kappa shape index (κ3) is 4.67. The van der Waals surface area contributed by atoms with Crippen molar-refractivity contribution in [2.24, 2.45) is 0 Å². The number of carbonyl (C=O) groups is 2. The average Bonchev–Trinajstić information content (AvgIpc) is 2.66. The van der Waals surface area contributed by atoms with E-state index in [0.29, 0.717) is 5.39 Å². The maximum Gasteiger partial charge on any atom is 0.349 e. The van der Waals surface area contributed by atoms with Crippen LogP contribution >= 0.6 is 23.2 Å². The van der Waals surface area contributed by atoms with Crippen LogP contribution < -0.4 is 15.7 Å². The van der Waals surface area contributed by atoms with Crippen LogP contribution in [-0.2, 0) is 11.3 Å². The van der Waals surface area contributed by atoms with E-state index in [1.165, 1.54) is 18.2 Å². The minimum atomic E-state index is -1.33. The normalized spacial score (nSPS) is 10.8. The molecule has 6 nitrogen and oxygen atoms in total.